The fourth-order valence-electron chi connectivity index (χ4n) is 5.16. The normalized spacial score (nSPS) is 17.8. The quantitative estimate of drug-likeness (QED) is 0.439. The number of benzene rings is 2. The first-order chi connectivity index (χ1) is 14.6. The van der Waals surface area contributed by atoms with Crippen LogP contribution in [-0.4, -0.2) is 25.8 Å². The van der Waals surface area contributed by atoms with Crippen molar-refractivity contribution in [2.45, 2.75) is 52.1 Å². The van der Waals surface area contributed by atoms with Crippen LogP contribution in [-0.2, 0) is 7.05 Å². The second-order valence-corrected chi connectivity index (χ2v) is 10.2. The van der Waals surface area contributed by atoms with Crippen molar-refractivity contribution in [3.05, 3.63) is 66.0 Å². The predicted molar refractivity (Wildman–Crippen MR) is 130 cm³/mol. The lowest BCUT2D eigenvalue weighted by atomic mass is 9.82. The molecule has 0 amide bonds. The molecule has 0 spiro atoms. The maximum Gasteiger partial charge on any atom is 0.0952 e. The van der Waals surface area contributed by atoms with Gasteiger partial charge in [0.1, 0.15) is 0 Å². The molecule has 0 aliphatic carbocycles. The highest BCUT2D eigenvalue weighted by molar-refractivity contribution is 5.90. The number of pyridine rings is 1. The third-order valence-electron chi connectivity index (χ3n) is 6.09. The van der Waals surface area contributed by atoms with Gasteiger partial charge in [0.2, 0.25) is 0 Å². The van der Waals surface area contributed by atoms with Crippen LogP contribution >= 0.6 is 0 Å². The van der Waals surface area contributed by atoms with E-state index < -0.39 is 0 Å². The minimum Gasteiger partial charge on any atom is -0.303 e. The van der Waals surface area contributed by atoms with Gasteiger partial charge in [0.25, 0.3) is 0 Å². The highest BCUT2D eigenvalue weighted by Gasteiger charge is 2.32. The van der Waals surface area contributed by atoms with Gasteiger partial charge in [0, 0.05) is 35.1 Å². The highest BCUT2D eigenvalue weighted by Crippen LogP contribution is 2.34. The minimum atomic E-state index is -0.0413. The fourth-order valence-corrected chi connectivity index (χ4v) is 5.16. The predicted octanol–water partition coefficient (Wildman–Crippen LogP) is 6.03. The van der Waals surface area contributed by atoms with Crippen LogP contribution in [0, 0.1) is 6.92 Å². The zero-order chi connectivity index (χ0) is 22.0. The van der Waals surface area contributed by atoms with Crippen molar-refractivity contribution in [3.8, 4) is 11.1 Å². The number of hydrogen-bond donors (Lipinski definition) is 1. The van der Waals surface area contributed by atoms with Gasteiger partial charge in [0.15, 0.2) is 0 Å². The van der Waals surface area contributed by atoms with Gasteiger partial charge in [-0.15, -0.1) is 0 Å². The van der Waals surface area contributed by atoms with E-state index in [-0.39, 0.29) is 11.1 Å². The van der Waals surface area contributed by atoms with Gasteiger partial charge < -0.3 is 5.32 Å². The van der Waals surface area contributed by atoms with E-state index in [0.29, 0.717) is 0 Å². The summed E-state index contributed by atoms with van der Waals surface area (Å²) in [5.41, 5.74) is 8.14. The molecule has 0 bridgehead atoms. The summed E-state index contributed by atoms with van der Waals surface area (Å²) in [6.45, 7) is 11.1. The largest absolute Gasteiger partial charge is 0.303 e. The van der Waals surface area contributed by atoms with Crippen LogP contribution in [0.5, 0.6) is 0 Å². The summed E-state index contributed by atoms with van der Waals surface area (Å²) < 4.78 is 1.88. The molecule has 1 aliphatic heterocycles. The maximum absolute atomic E-state index is 5.03. The molecule has 0 atom stereocenters. The minimum absolute atomic E-state index is 0.0413. The second kappa shape index (κ2) is 6.76. The van der Waals surface area contributed by atoms with Crippen molar-refractivity contribution in [3.63, 3.8) is 0 Å². The fraction of sp³-hybridized carbons (Fsp3) is 0.333. The Labute approximate surface area is 184 Å². The first kappa shape index (κ1) is 20.0. The molecule has 4 aromatic rings. The number of rotatable bonds is 2. The molecule has 5 rings (SSSR count). The van der Waals surface area contributed by atoms with Gasteiger partial charge in [-0.25, -0.2) is 4.98 Å². The van der Waals surface area contributed by atoms with Gasteiger partial charge >= 0.3 is 0 Å². The van der Waals surface area contributed by atoms with Crippen LogP contribution < -0.4 is 5.32 Å². The topological polar surface area (TPSA) is 42.7 Å². The van der Waals surface area contributed by atoms with E-state index in [1.165, 1.54) is 33.0 Å². The van der Waals surface area contributed by atoms with Crippen LogP contribution in [0.2, 0.25) is 0 Å². The number of hydrogen-bond acceptors (Lipinski definition) is 3. The average molecular weight is 411 g/mol. The SMILES string of the molecule is Cc1cc(-c2ccc3nc(C4=CC(C)(C)NC(C)(C)C4)ccc3c2)cc2cn(C)nc12. The second-order valence-electron chi connectivity index (χ2n) is 10.2. The van der Waals surface area contributed by atoms with E-state index in [1.807, 2.05) is 11.7 Å². The van der Waals surface area contributed by atoms with Crippen LogP contribution in [0.15, 0.2) is 54.7 Å². The molecule has 0 saturated carbocycles. The molecular formula is C27H30N4. The third kappa shape index (κ3) is 3.77. The van der Waals surface area contributed by atoms with E-state index in [4.69, 9.17) is 4.98 Å². The lowest BCUT2D eigenvalue weighted by Gasteiger charge is -2.41. The summed E-state index contributed by atoms with van der Waals surface area (Å²) in [5.74, 6) is 0. The molecule has 0 radical (unpaired) electrons. The number of fused-ring (bicyclic) bond motifs is 2. The lowest BCUT2D eigenvalue weighted by molar-refractivity contribution is 0.297. The van der Waals surface area contributed by atoms with E-state index in [2.05, 4.69) is 99.8 Å². The van der Waals surface area contributed by atoms with E-state index in [9.17, 15) is 0 Å². The molecule has 1 N–H and O–H groups in total. The molecular weight excluding hydrogens is 380 g/mol. The van der Waals surface area contributed by atoms with Crippen molar-refractivity contribution < 1.29 is 0 Å². The van der Waals surface area contributed by atoms with Crippen LogP contribution in [0.4, 0.5) is 0 Å². The van der Waals surface area contributed by atoms with Gasteiger partial charge in [-0.05, 0) is 93.6 Å². The molecule has 4 heteroatoms. The van der Waals surface area contributed by atoms with Gasteiger partial charge in [-0.3, -0.25) is 4.68 Å². The summed E-state index contributed by atoms with van der Waals surface area (Å²) in [7, 11) is 1.97. The molecule has 0 fully saturated rings. The van der Waals surface area contributed by atoms with E-state index >= 15 is 0 Å². The van der Waals surface area contributed by atoms with Crippen LogP contribution in [0.25, 0.3) is 38.5 Å². The Morgan fingerprint density at radius 1 is 0.935 bits per heavy atom. The zero-order valence-electron chi connectivity index (χ0n) is 19.2. The van der Waals surface area contributed by atoms with E-state index in [0.717, 1.165) is 23.1 Å². The Balaban J connectivity index is 1.55. The summed E-state index contributed by atoms with van der Waals surface area (Å²) in [6.07, 6.45) is 5.38. The smallest absolute Gasteiger partial charge is 0.0952 e. The maximum atomic E-state index is 5.03. The Bertz CT molecular complexity index is 1350. The summed E-state index contributed by atoms with van der Waals surface area (Å²) in [6, 6.07) is 15.4. The molecule has 0 saturated heterocycles. The highest BCUT2D eigenvalue weighted by atomic mass is 15.2. The number of nitrogens with one attached hydrogen (secondary N) is 1. The van der Waals surface area contributed by atoms with Crippen LogP contribution in [0.1, 0.15) is 45.4 Å². The van der Waals surface area contributed by atoms with Gasteiger partial charge in [0.05, 0.1) is 16.7 Å². The van der Waals surface area contributed by atoms with E-state index in [1.54, 1.807) is 0 Å². The van der Waals surface area contributed by atoms with Crippen molar-refractivity contribution in [2.75, 3.05) is 0 Å². The zero-order valence-corrected chi connectivity index (χ0v) is 19.2. The number of nitrogens with zero attached hydrogens (tertiary/aromatic N) is 3. The molecule has 2 aromatic carbocycles. The van der Waals surface area contributed by atoms with Crippen molar-refractivity contribution in [1.29, 1.82) is 0 Å². The standard InChI is InChI=1S/C27H30N4/c1-17-11-20(13-21-16-31(6)29-25(17)21)18-7-9-23-19(12-18)8-10-24(28-23)22-14-26(2,3)30-27(4,5)15-22/h7-14,16,30H,15H2,1-6H3. The molecule has 158 valence electrons. The van der Waals surface area contributed by atoms with Crippen molar-refractivity contribution >= 4 is 27.4 Å². The summed E-state index contributed by atoms with van der Waals surface area (Å²) in [4.78, 5) is 5.03. The molecule has 4 nitrogen and oxygen atoms in total. The van der Waals surface area contributed by atoms with Crippen molar-refractivity contribution in [2.24, 2.45) is 7.05 Å². The summed E-state index contributed by atoms with van der Waals surface area (Å²) in [5, 5.41) is 10.6. The first-order valence-corrected chi connectivity index (χ1v) is 11.0. The average Bonchev–Trinajstić information content (AvgIpc) is 3.05. The Kier molecular flexibility index (Phi) is 4.35. The molecule has 3 heterocycles. The molecule has 2 aromatic heterocycles. The Morgan fingerprint density at radius 2 is 1.71 bits per heavy atom. The number of aromatic nitrogens is 3. The molecule has 0 unspecified atom stereocenters. The van der Waals surface area contributed by atoms with Gasteiger partial charge in [-0.2, -0.15) is 5.10 Å². The summed E-state index contributed by atoms with van der Waals surface area (Å²) >= 11 is 0. The Morgan fingerprint density at radius 3 is 2.48 bits per heavy atom. The lowest BCUT2D eigenvalue weighted by Crippen LogP contribution is -2.53. The Hall–Kier alpha value is -2.98. The molecule has 1 aliphatic rings. The third-order valence-corrected chi connectivity index (χ3v) is 6.09. The first-order valence-electron chi connectivity index (χ1n) is 11.0. The number of aryl methyl sites for hydroxylation is 2. The van der Waals surface area contributed by atoms with Gasteiger partial charge in [-0.1, -0.05) is 18.2 Å². The van der Waals surface area contributed by atoms with Crippen molar-refractivity contribution in [1.82, 2.24) is 20.1 Å². The van der Waals surface area contributed by atoms with Crippen LogP contribution in [0.3, 0.4) is 0 Å². The molecule has 31 heavy (non-hydrogen) atoms. The monoisotopic (exact) mass is 410 g/mol.